The van der Waals surface area contributed by atoms with Crippen molar-refractivity contribution in [3.8, 4) is 5.75 Å². The van der Waals surface area contributed by atoms with Crippen molar-refractivity contribution in [2.24, 2.45) is 0 Å². The molecule has 0 aromatic heterocycles. The van der Waals surface area contributed by atoms with Gasteiger partial charge in [-0.1, -0.05) is 42.5 Å². The van der Waals surface area contributed by atoms with Gasteiger partial charge in [0.25, 0.3) is 0 Å². The molecule has 1 amide bonds. The molecule has 0 heterocycles. The van der Waals surface area contributed by atoms with Gasteiger partial charge in [-0.3, -0.25) is 4.79 Å². The van der Waals surface area contributed by atoms with E-state index in [4.69, 9.17) is 4.74 Å². The molecular weight excluding hydrogens is 388 g/mol. The summed E-state index contributed by atoms with van der Waals surface area (Å²) in [6.07, 6.45) is 2.74. The molecule has 1 N–H and O–H groups in total. The number of rotatable bonds is 10. The third kappa shape index (κ3) is 7.18. The highest BCUT2D eigenvalue weighted by molar-refractivity contribution is 7.88. The van der Waals surface area contributed by atoms with Crippen molar-refractivity contribution in [2.45, 2.75) is 38.8 Å². The SMILES string of the molecule is CC(C)Oc1cccc(CCCNC(=O)C(c2ccccc2)N(C)S(C)(=O)=O)c1. The molecule has 29 heavy (non-hydrogen) atoms. The smallest absolute Gasteiger partial charge is 0.242 e. The van der Waals surface area contributed by atoms with Gasteiger partial charge in [0.2, 0.25) is 15.9 Å². The highest BCUT2D eigenvalue weighted by atomic mass is 32.2. The van der Waals surface area contributed by atoms with Gasteiger partial charge in [-0.15, -0.1) is 0 Å². The van der Waals surface area contributed by atoms with Crippen LogP contribution < -0.4 is 10.1 Å². The van der Waals surface area contributed by atoms with Gasteiger partial charge in [0.1, 0.15) is 11.8 Å². The van der Waals surface area contributed by atoms with Crippen LogP contribution in [0, 0.1) is 0 Å². The van der Waals surface area contributed by atoms with Crippen LogP contribution in [0.1, 0.15) is 37.4 Å². The number of hydrogen-bond acceptors (Lipinski definition) is 4. The molecular formula is C22H30N2O4S. The molecule has 0 saturated carbocycles. The van der Waals surface area contributed by atoms with Crippen LogP contribution in [0.5, 0.6) is 5.75 Å². The van der Waals surface area contributed by atoms with Gasteiger partial charge in [-0.2, -0.15) is 4.31 Å². The van der Waals surface area contributed by atoms with Crippen LogP contribution in [0.2, 0.25) is 0 Å². The van der Waals surface area contributed by atoms with Crippen LogP contribution in [-0.4, -0.2) is 44.6 Å². The minimum atomic E-state index is -3.52. The number of nitrogens with zero attached hydrogens (tertiary/aromatic N) is 1. The van der Waals surface area contributed by atoms with E-state index in [1.165, 1.54) is 7.05 Å². The van der Waals surface area contributed by atoms with E-state index >= 15 is 0 Å². The second kappa shape index (κ2) is 10.4. The molecule has 158 valence electrons. The molecule has 2 aromatic carbocycles. The molecule has 0 aliphatic heterocycles. The summed E-state index contributed by atoms with van der Waals surface area (Å²) in [5.74, 6) is 0.501. The third-order valence-corrected chi connectivity index (χ3v) is 5.72. The number of nitrogens with one attached hydrogen (secondary N) is 1. The predicted octanol–water partition coefficient (Wildman–Crippen LogP) is 3.16. The van der Waals surface area contributed by atoms with E-state index in [1.807, 2.05) is 44.2 Å². The lowest BCUT2D eigenvalue weighted by atomic mass is 10.1. The van der Waals surface area contributed by atoms with Crippen molar-refractivity contribution in [1.82, 2.24) is 9.62 Å². The molecule has 0 aliphatic rings. The zero-order valence-corrected chi connectivity index (χ0v) is 18.3. The first kappa shape index (κ1) is 22.9. The van der Waals surface area contributed by atoms with E-state index in [0.717, 1.165) is 34.7 Å². The van der Waals surface area contributed by atoms with Crippen molar-refractivity contribution in [3.63, 3.8) is 0 Å². The first-order valence-corrected chi connectivity index (χ1v) is 11.5. The summed E-state index contributed by atoms with van der Waals surface area (Å²) < 4.78 is 30.8. The first-order chi connectivity index (χ1) is 13.7. The number of sulfonamides is 1. The molecule has 0 spiro atoms. The summed E-state index contributed by atoms with van der Waals surface area (Å²) in [7, 11) is -2.10. The first-order valence-electron chi connectivity index (χ1n) is 9.69. The number of amides is 1. The van der Waals surface area contributed by atoms with E-state index in [0.29, 0.717) is 12.1 Å². The van der Waals surface area contributed by atoms with Gasteiger partial charge in [0.15, 0.2) is 0 Å². The van der Waals surface area contributed by atoms with Crippen molar-refractivity contribution in [3.05, 3.63) is 65.7 Å². The molecule has 7 heteroatoms. The monoisotopic (exact) mass is 418 g/mol. The summed E-state index contributed by atoms with van der Waals surface area (Å²) in [5.41, 5.74) is 1.77. The predicted molar refractivity (Wildman–Crippen MR) is 115 cm³/mol. The van der Waals surface area contributed by atoms with Gasteiger partial charge < -0.3 is 10.1 Å². The molecule has 2 aromatic rings. The third-order valence-electron chi connectivity index (χ3n) is 4.46. The Morgan fingerprint density at radius 3 is 2.41 bits per heavy atom. The maximum atomic E-state index is 12.8. The number of carbonyl (C=O) groups is 1. The Balaban J connectivity index is 1.97. The summed E-state index contributed by atoms with van der Waals surface area (Å²) in [6.45, 7) is 4.42. The van der Waals surface area contributed by atoms with Crippen LogP contribution in [0.25, 0.3) is 0 Å². The van der Waals surface area contributed by atoms with Crippen LogP contribution in [0.3, 0.4) is 0 Å². The number of ether oxygens (including phenoxy) is 1. The molecule has 6 nitrogen and oxygen atoms in total. The van der Waals surface area contributed by atoms with Crippen molar-refractivity contribution in [1.29, 1.82) is 0 Å². The fraction of sp³-hybridized carbons (Fsp3) is 0.409. The average Bonchev–Trinajstić information content (AvgIpc) is 2.65. The lowest BCUT2D eigenvalue weighted by Crippen LogP contribution is -2.41. The van der Waals surface area contributed by atoms with E-state index in [-0.39, 0.29) is 12.0 Å². The molecule has 2 rings (SSSR count). The molecule has 1 unspecified atom stereocenters. The molecule has 0 fully saturated rings. The van der Waals surface area contributed by atoms with Crippen molar-refractivity contribution < 1.29 is 17.9 Å². The Bertz CT molecular complexity index is 898. The van der Waals surface area contributed by atoms with E-state index in [9.17, 15) is 13.2 Å². The van der Waals surface area contributed by atoms with E-state index < -0.39 is 16.1 Å². The van der Waals surface area contributed by atoms with Gasteiger partial charge in [0.05, 0.1) is 12.4 Å². The molecule has 0 radical (unpaired) electrons. The van der Waals surface area contributed by atoms with Crippen LogP contribution in [-0.2, 0) is 21.2 Å². The van der Waals surface area contributed by atoms with E-state index in [1.54, 1.807) is 24.3 Å². The number of aryl methyl sites for hydroxylation is 1. The molecule has 0 bridgehead atoms. The second-order valence-corrected chi connectivity index (χ2v) is 9.34. The fourth-order valence-corrected chi connectivity index (χ4v) is 3.60. The molecule has 0 aliphatic carbocycles. The van der Waals surface area contributed by atoms with E-state index in [2.05, 4.69) is 5.32 Å². The summed E-state index contributed by atoms with van der Waals surface area (Å²) in [6, 6.07) is 15.9. The van der Waals surface area contributed by atoms with Gasteiger partial charge >= 0.3 is 0 Å². The lowest BCUT2D eigenvalue weighted by Gasteiger charge is -2.25. The van der Waals surface area contributed by atoms with Gasteiger partial charge in [-0.25, -0.2) is 8.42 Å². The number of hydrogen-bond donors (Lipinski definition) is 1. The fourth-order valence-electron chi connectivity index (χ4n) is 3.00. The zero-order valence-electron chi connectivity index (χ0n) is 17.5. The second-order valence-electron chi connectivity index (χ2n) is 7.30. The Morgan fingerprint density at radius 1 is 1.10 bits per heavy atom. The summed E-state index contributed by atoms with van der Waals surface area (Å²) in [5, 5.41) is 2.88. The van der Waals surface area contributed by atoms with Crippen LogP contribution >= 0.6 is 0 Å². The number of carbonyl (C=O) groups excluding carboxylic acids is 1. The quantitative estimate of drug-likeness (QED) is 0.602. The number of likely N-dealkylation sites (N-methyl/N-ethyl adjacent to an activating group) is 1. The van der Waals surface area contributed by atoms with Crippen molar-refractivity contribution in [2.75, 3.05) is 19.8 Å². The van der Waals surface area contributed by atoms with Gasteiger partial charge in [0, 0.05) is 13.6 Å². The largest absolute Gasteiger partial charge is 0.491 e. The molecule has 1 atom stereocenters. The van der Waals surface area contributed by atoms with Crippen LogP contribution in [0.15, 0.2) is 54.6 Å². The number of benzene rings is 2. The average molecular weight is 419 g/mol. The highest BCUT2D eigenvalue weighted by Crippen LogP contribution is 2.22. The zero-order chi connectivity index (χ0) is 21.4. The highest BCUT2D eigenvalue weighted by Gasteiger charge is 2.30. The maximum Gasteiger partial charge on any atom is 0.242 e. The maximum absolute atomic E-state index is 12.8. The molecule has 0 saturated heterocycles. The Kier molecular flexibility index (Phi) is 8.22. The minimum absolute atomic E-state index is 0.117. The summed E-state index contributed by atoms with van der Waals surface area (Å²) >= 11 is 0. The Labute approximate surface area is 173 Å². The lowest BCUT2D eigenvalue weighted by molar-refractivity contribution is -0.124. The van der Waals surface area contributed by atoms with Crippen molar-refractivity contribution >= 4 is 15.9 Å². The normalized spacial score (nSPS) is 12.8. The Hall–Kier alpha value is -2.38. The summed E-state index contributed by atoms with van der Waals surface area (Å²) in [4.78, 5) is 12.8. The Morgan fingerprint density at radius 2 is 1.79 bits per heavy atom. The topological polar surface area (TPSA) is 75.7 Å². The standard InChI is InChI=1S/C22H30N2O4S/c1-17(2)28-20-14-8-10-18(16-20)11-9-15-23-22(25)21(24(3)29(4,26)27)19-12-6-5-7-13-19/h5-8,10,12-14,16-17,21H,9,11,15H2,1-4H3,(H,23,25). The van der Waals surface area contributed by atoms with Crippen LogP contribution in [0.4, 0.5) is 0 Å². The van der Waals surface area contributed by atoms with Gasteiger partial charge in [-0.05, 0) is 49.9 Å². The minimum Gasteiger partial charge on any atom is -0.491 e.